The molecule has 1 aromatic rings. The maximum atomic E-state index is 13.7. The molecule has 0 N–H and O–H groups in total. The van der Waals surface area contributed by atoms with Gasteiger partial charge in [0, 0.05) is 0 Å². The summed E-state index contributed by atoms with van der Waals surface area (Å²) in [5, 5.41) is 0. The van der Waals surface area contributed by atoms with E-state index in [0.717, 1.165) is 24.6 Å². The minimum Gasteiger partial charge on any atom is -0.458 e. The van der Waals surface area contributed by atoms with Crippen molar-refractivity contribution in [2.45, 2.75) is 71.3 Å². The molecule has 1 fully saturated rings. The highest BCUT2D eigenvalue weighted by molar-refractivity contribution is 5.96. The maximum absolute atomic E-state index is 13.7. The second-order valence-corrected chi connectivity index (χ2v) is 8.72. The van der Waals surface area contributed by atoms with Crippen molar-refractivity contribution in [1.82, 2.24) is 0 Å². The van der Waals surface area contributed by atoms with Gasteiger partial charge in [-0.3, -0.25) is 4.79 Å². The van der Waals surface area contributed by atoms with E-state index in [1.54, 1.807) is 45.1 Å². The number of hydrogen-bond acceptors (Lipinski definition) is 5. The van der Waals surface area contributed by atoms with Crippen LogP contribution in [0.3, 0.4) is 0 Å². The zero-order valence-electron chi connectivity index (χ0n) is 18.7. The topological polar surface area (TPSA) is 61.8 Å². The molecule has 0 saturated carbocycles. The Morgan fingerprint density at radius 2 is 1.75 bits per heavy atom. The second kappa shape index (κ2) is 8.83. The molecule has 2 heterocycles. The van der Waals surface area contributed by atoms with Crippen LogP contribution in [-0.4, -0.2) is 42.0 Å². The molecule has 32 heavy (non-hydrogen) atoms. The molecule has 5 nitrogen and oxygen atoms in total. The van der Waals surface area contributed by atoms with E-state index in [-0.39, 0.29) is 12.0 Å². The fraction of sp³-hybridized carbons (Fsp3) is 0.500. The van der Waals surface area contributed by atoms with Gasteiger partial charge in [0.25, 0.3) is 0 Å². The van der Waals surface area contributed by atoms with Crippen molar-refractivity contribution in [2.24, 2.45) is 5.92 Å². The smallest absolute Gasteiger partial charge is 0.398 e. The number of rotatable bonds is 0. The molecule has 8 heteroatoms. The highest BCUT2D eigenvalue weighted by Crippen LogP contribution is 2.35. The number of fused-ring (bicyclic) bond motifs is 2. The number of cyclic esters (lactones) is 1. The number of alkyl halides is 3. The monoisotopic (exact) mass is 452 g/mol. The summed E-state index contributed by atoms with van der Waals surface area (Å²) in [6, 6.07) is 3.53. The summed E-state index contributed by atoms with van der Waals surface area (Å²) in [5.74, 6) is -4.69. The molecular weight excluding hydrogens is 425 g/mol. The van der Waals surface area contributed by atoms with Crippen LogP contribution < -0.4 is 0 Å². The molecule has 3 rings (SSSR count). The highest BCUT2D eigenvalue weighted by Gasteiger charge is 2.46. The quantitative estimate of drug-likeness (QED) is 0.513. The van der Waals surface area contributed by atoms with Gasteiger partial charge in [0.1, 0.15) is 18.1 Å². The summed E-state index contributed by atoms with van der Waals surface area (Å²) >= 11 is 0. The van der Waals surface area contributed by atoms with E-state index in [4.69, 9.17) is 14.2 Å². The van der Waals surface area contributed by atoms with Crippen LogP contribution in [-0.2, 0) is 19.0 Å². The Bertz CT molecular complexity index is 961. The summed E-state index contributed by atoms with van der Waals surface area (Å²) in [4.78, 5) is 25.6. The van der Waals surface area contributed by atoms with E-state index < -0.39 is 47.9 Å². The van der Waals surface area contributed by atoms with Gasteiger partial charge in [-0.2, -0.15) is 13.2 Å². The molecule has 0 aromatic heterocycles. The largest absolute Gasteiger partial charge is 0.458 e. The van der Waals surface area contributed by atoms with Gasteiger partial charge in [-0.05, 0) is 58.2 Å². The molecule has 0 bridgehead atoms. The summed E-state index contributed by atoms with van der Waals surface area (Å²) in [6.45, 7) is 8.02. The molecule has 0 aliphatic carbocycles. The van der Waals surface area contributed by atoms with Crippen molar-refractivity contribution >= 4 is 17.8 Å². The minimum absolute atomic E-state index is 0.206. The number of hydrogen-bond donors (Lipinski definition) is 0. The zero-order chi connectivity index (χ0) is 23.8. The first kappa shape index (κ1) is 24.2. The van der Waals surface area contributed by atoms with Crippen LogP contribution in [0.2, 0.25) is 0 Å². The minimum atomic E-state index is -4.72. The third-order valence-corrected chi connectivity index (χ3v) is 5.49. The number of ether oxygens (including phenoxy) is 3. The summed E-state index contributed by atoms with van der Waals surface area (Å²) < 4.78 is 57.9. The fourth-order valence-corrected chi connectivity index (χ4v) is 4.11. The van der Waals surface area contributed by atoms with Gasteiger partial charge in [-0.25, -0.2) is 4.79 Å². The Morgan fingerprint density at radius 3 is 2.41 bits per heavy atom. The van der Waals surface area contributed by atoms with E-state index in [0.29, 0.717) is 11.1 Å². The Labute approximate surface area is 185 Å². The lowest BCUT2D eigenvalue weighted by Gasteiger charge is -2.25. The number of carbonyl (C=O) groups excluding carboxylic acids is 2. The van der Waals surface area contributed by atoms with Crippen LogP contribution in [0.1, 0.15) is 54.2 Å². The van der Waals surface area contributed by atoms with E-state index in [1.807, 2.05) is 6.92 Å². The van der Waals surface area contributed by atoms with E-state index in [2.05, 4.69) is 0 Å². The lowest BCUT2D eigenvalue weighted by molar-refractivity contribution is -0.182. The molecule has 4 atom stereocenters. The molecule has 2 aliphatic heterocycles. The number of esters is 1. The van der Waals surface area contributed by atoms with Crippen molar-refractivity contribution in [1.29, 1.82) is 0 Å². The zero-order valence-corrected chi connectivity index (χ0v) is 18.7. The van der Waals surface area contributed by atoms with Gasteiger partial charge in [0.2, 0.25) is 0 Å². The fourth-order valence-electron chi connectivity index (χ4n) is 4.11. The Balaban J connectivity index is 2.10. The Hall–Kier alpha value is -2.45. The second-order valence-electron chi connectivity index (χ2n) is 8.72. The SMILES string of the molecule is Cc1cc(C)c2c(c1)/C=C/CC1OC(C)(C)OC1C(=O)/C=C\C(C(F)(F)F)C(C)OC2=O. The van der Waals surface area contributed by atoms with Crippen LogP contribution in [0.5, 0.6) is 0 Å². The number of ketones is 1. The van der Waals surface area contributed by atoms with E-state index in [1.165, 1.54) is 0 Å². The molecule has 0 radical (unpaired) electrons. The van der Waals surface area contributed by atoms with Crippen LogP contribution in [0, 0.1) is 19.8 Å². The van der Waals surface area contributed by atoms with Gasteiger partial charge in [-0.15, -0.1) is 0 Å². The first-order chi connectivity index (χ1) is 14.8. The van der Waals surface area contributed by atoms with Crippen molar-refractivity contribution < 1.29 is 37.0 Å². The number of benzene rings is 1. The van der Waals surface area contributed by atoms with Gasteiger partial charge in [0.15, 0.2) is 11.6 Å². The maximum Gasteiger partial charge on any atom is 0.398 e. The first-order valence-electron chi connectivity index (χ1n) is 10.4. The van der Waals surface area contributed by atoms with Crippen molar-refractivity contribution in [3.05, 3.63) is 52.6 Å². The molecule has 2 aliphatic rings. The highest BCUT2D eigenvalue weighted by atomic mass is 19.4. The standard InChI is InChI=1S/C24H27F3O5/c1-13-11-14(2)20-16(12-13)7-6-8-19-21(32-23(4,5)31-19)18(28)10-9-17(24(25,26)27)15(3)30-22(20)29/h6-7,9-12,15,17,19,21H,8H2,1-5H3/b7-6+,10-9-. The number of aryl methyl sites for hydroxylation is 2. The van der Waals surface area contributed by atoms with Crippen LogP contribution >= 0.6 is 0 Å². The molecular formula is C24H27F3O5. The van der Waals surface area contributed by atoms with Crippen molar-refractivity contribution in [3.63, 3.8) is 0 Å². The molecule has 1 saturated heterocycles. The average Bonchev–Trinajstić information content (AvgIpc) is 2.94. The summed E-state index contributed by atoms with van der Waals surface area (Å²) in [7, 11) is 0. The first-order valence-corrected chi connectivity index (χ1v) is 10.4. The van der Waals surface area contributed by atoms with Crippen molar-refractivity contribution in [2.75, 3.05) is 0 Å². The van der Waals surface area contributed by atoms with Crippen molar-refractivity contribution in [3.8, 4) is 0 Å². The van der Waals surface area contributed by atoms with E-state index in [9.17, 15) is 22.8 Å². The average molecular weight is 452 g/mol. The van der Waals surface area contributed by atoms with E-state index >= 15 is 0 Å². The Kier molecular flexibility index (Phi) is 6.67. The van der Waals surface area contributed by atoms with Crippen LogP contribution in [0.15, 0.2) is 30.4 Å². The molecule has 0 amide bonds. The van der Waals surface area contributed by atoms with Gasteiger partial charge in [-0.1, -0.05) is 35.9 Å². The van der Waals surface area contributed by atoms with Gasteiger partial charge in [0.05, 0.1) is 11.7 Å². The predicted molar refractivity (Wildman–Crippen MR) is 112 cm³/mol. The third-order valence-electron chi connectivity index (χ3n) is 5.49. The molecule has 1 aromatic carbocycles. The lowest BCUT2D eigenvalue weighted by Crippen LogP contribution is -2.35. The molecule has 174 valence electrons. The predicted octanol–water partition coefficient (Wildman–Crippen LogP) is 5.09. The summed E-state index contributed by atoms with van der Waals surface area (Å²) in [6.07, 6.45) is -2.67. The van der Waals surface area contributed by atoms with Gasteiger partial charge < -0.3 is 14.2 Å². The van der Waals surface area contributed by atoms with Gasteiger partial charge >= 0.3 is 12.1 Å². The molecule has 4 unspecified atom stereocenters. The summed E-state index contributed by atoms with van der Waals surface area (Å²) in [5.41, 5.74) is 2.22. The van der Waals surface area contributed by atoms with Crippen LogP contribution in [0.25, 0.3) is 6.08 Å². The number of carbonyl (C=O) groups is 2. The van der Waals surface area contributed by atoms with Crippen LogP contribution in [0.4, 0.5) is 13.2 Å². The third kappa shape index (κ3) is 5.30. The molecule has 0 spiro atoms. The Morgan fingerprint density at radius 1 is 1.06 bits per heavy atom. The normalized spacial score (nSPS) is 30.6. The number of halogens is 3. The lowest BCUT2D eigenvalue weighted by atomic mass is 9.96.